The summed E-state index contributed by atoms with van der Waals surface area (Å²) in [4.78, 5) is 0. The average molecular weight is 265 g/mol. The summed E-state index contributed by atoms with van der Waals surface area (Å²) in [6.45, 7) is 0. The Hall–Kier alpha value is -2.93. The SMILES string of the molecule is N=C(N1NNc2ccccc21)n1nnc2ccccc21. The van der Waals surface area contributed by atoms with Crippen molar-refractivity contribution in [3.8, 4) is 0 Å². The molecule has 20 heavy (non-hydrogen) atoms. The fourth-order valence-electron chi connectivity index (χ4n) is 2.24. The molecule has 0 spiro atoms. The fraction of sp³-hybridized carbons (Fsp3) is 0. The lowest BCUT2D eigenvalue weighted by molar-refractivity contribution is 0.788. The maximum Gasteiger partial charge on any atom is 0.242 e. The van der Waals surface area contributed by atoms with Gasteiger partial charge in [0.25, 0.3) is 0 Å². The molecule has 2 heterocycles. The van der Waals surface area contributed by atoms with Gasteiger partial charge >= 0.3 is 0 Å². The number of hydrogen-bond acceptors (Lipinski definition) is 5. The molecule has 0 atom stereocenters. The summed E-state index contributed by atoms with van der Waals surface area (Å²) < 4.78 is 1.49. The van der Waals surface area contributed by atoms with Crippen molar-refractivity contribution < 1.29 is 0 Å². The van der Waals surface area contributed by atoms with E-state index in [4.69, 9.17) is 5.41 Å². The number of benzene rings is 2. The van der Waals surface area contributed by atoms with Gasteiger partial charge in [-0.15, -0.1) is 10.6 Å². The third kappa shape index (κ3) is 1.47. The van der Waals surface area contributed by atoms with Gasteiger partial charge in [-0.2, -0.15) is 4.68 Å². The van der Waals surface area contributed by atoms with Gasteiger partial charge in [-0.05, 0) is 24.3 Å². The van der Waals surface area contributed by atoms with Gasteiger partial charge in [0, 0.05) is 0 Å². The van der Waals surface area contributed by atoms with E-state index < -0.39 is 0 Å². The van der Waals surface area contributed by atoms with Crippen LogP contribution in [0.1, 0.15) is 0 Å². The second-order valence-corrected chi connectivity index (χ2v) is 4.40. The molecule has 4 rings (SSSR count). The molecule has 1 aliphatic rings. The van der Waals surface area contributed by atoms with E-state index in [0.29, 0.717) is 0 Å². The summed E-state index contributed by atoms with van der Waals surface area (Å²) in [7, 11) is 0. The smallest absolute Gasteiger partial charge is 0.242 e. The zero-order valence-corrected chi connectivity index (χ0v) is 10.4. The van der Waals surface area contributed by atoms with Gasteiger partial charge in [-0.3, -0.25) is 5.41 Å². The van der Waals surface area contributed by atoms with Crippen molar-refractivity contribution in [2.45, 2.75) is 0 Å². The highest BCUT2D eigenvalue weighted by Crippen LogP contribution is 2.28. The van der Waals surface area contributed by atoms with Crippen molar-refractivity contribution in [1.29, 1.82) is 5.41 Å². The molecule has 0 bridgehead atoms. The maximum absolute atomic E-state index is 8.34. The van der Waals surface area contributed by atoms with Gasteiger partial charge in [0.15, 0.2) is 0 Å². The zero-order chi connectivity index (χ0) is 13.5. The number of para-hydroxylation sites is 3. The highest BCUT2D eigenvalue weighted by atomic mass is 15.8. The minimum atomic E-state index is 0.177. The Morgan fingerprint density at radius 3 is 2.80 bits per heavy atom. The number of rotatable bonds is 0. The lowest BCUT2D eigenvalue weighted by atomic mass is 10.3. The van der Waals surface area contributed by atoms with Crippen LogP contribution >= 0.6 is 0 Å². The first kappa shape index (κ1) is 10.9. The minimum Gasteiger partial charge on any atom is -0.301 e. The first-order valence-electron chi connectivity index (χ1n) is 6.15. The molecule has 0 saturated heterocycles. The van der Waals surface area contributed by atoms with E-state index >= 15 is 0 Å². The number of hydrazine groups is 2. The first-order chi connectivity index (χ1) is 9.84. The van der Waals surface area contributed by atoms with Crippen LogP contribution in [-0.2, 0) is 0 Å². The molecule has 7 heteroatoms. The monoisotopic (exact) mass is 265 g/mol. The Balaban J connectivity index is 1.79. The van der Waals surface area contributed by atoms with Crippen LogP contribution in [0.5, 0.6) is 0 Å². The lowest BCUT2D eigenvalue weighted by Crippen LogP contribution is -2.44. The number of nitrogens with zero attached hydrogens (tertiary/aromatic N) is 4. The van der Waals surface area contributed by atoms with Crippen LogP contribution in [-0.4, -0.2) is 21.0 Å². The van der Waals surface area contributed by atoms with E-state index in [1.807, 2.05) is 48.5 Å². The molecule has 98 valence electrons. The number of fused-ring (bicyclic) bond motifs is 2. The highest BCUT2D eigenvalue weighted by molar-refractivity contribution is 6.02. The third-order valence-electron chi connectivity index (χ3n) is 3.21. The molecule has 0 radical (unpaired) electrons. The standard InChI is InChI=1S/C13H11N7/c14-13(19-11-7-3-1-5-9(11)15-17-19)20-12-8-4-2-6-10(12)16-18-20/h1-8,14-15,17H. The van der Waals surface area contributed by atoms with Crippen molar-refractivity contribution >= 4 is 28.4 Å². The second kappa shape index (κ2) is 4.04. The van der Waals surface area contributed by atoms with E-state index in [2.05, 4.69) is 21.3 Å². The molecule has 3 N–H and O–H groups in total. The summed E-state index contributed by atoms with van der Waals surface area (Å²) in [6.07, 6.45) is 0. The van der Waals surface area contributed by atoms with E-state index in [1.165, 1.54) is 4.68 Å². The van der Waals surface area contributed by atoms with Gasteiger partial charge in [0.2, 0.25) is 5.96 Å². The van der Waals surface area contributed by atoms with Crippen LogP contribution in [0.4, 0.5) is 11.4 Å². The molecule has 0 amide bonds. The summed E-state index contributed by atoms with van der Waals surface area (Å²) >= 11 is 0. The van der Waals surface area contributed by atoms with Crippen molar-refractivity contribution in [2.24, 2.45) is 0 Å². The molecule has 1 aliphatic heterocycles. The predicted octanol–water partition coefficient (Wildman–Crippen LogP) is 1.57. The largest absolute Gasteiger partial charge is 0.301 e. The average Bonchev–Trinajstić information content (AvgIpc) is 3.11. The van der Waals surface area contributed by atoms with Crippen LogP contribution in [0.15, 0.2) is 48.5 Å². The molecule has 2 aromatic carbocycles. The predicted molar refractivity (Wildman–Crippen MR) is 76.3 cm³/mol. The molecular formula is C13H11N7. The van der Waals surface area contributed by atoms with E-state index in [0.717, 1.165) is 22.4 Å². The van der Waals surface area contributed by atoms with E-state index in [-0.39, 0.29) is 5.96 Å². The van der Waals surface area contributed by atoms with Crippen molar-refractivity contribution in [2.75, 3.05) is 10.4 Å². The molecule has 7 nitrogen and oxygen atoms in total. The van der Waals surface area contributed by atoms with Gasteiger partial charge < -0.3 is 5.43 Å². The summed E-state index contributed by atoms with van der Waals surface area (Å²) in [5.41, 5.74) is 9.31. The van der Waals surface area contributed by atoms with Crippen molar-refractivity contribution in [3.05, 3.63) is 48.5 Å². The molecule has 3 aromatic rings. The maximum atomic E-state index is 8.34. The van der Waals surface area contributed by atoms with Crippen molar-refractivity contribution in [1.82, 2.24) is 20.5 Å². The molecule has 1 aromatic heterocycles. The summed E-state index contributed by atoms with van der Waals surface area (Å²) in [5.74, 6) is 0.177. The Morgan fingerprint density at radius 1 is 1.05 bits per heavy atom. The Bertz CT molecular complexity index is 807. The number of anilines is 2. The number of hydrogen-bond donors (Lipinski definition) is 3. The van der Waals surface area contributed by atoms with Crippen LogP contribution in [0.2, 0.25) is 0 Å². The molecule has 0 unspecified atom stereocenters. The molecule has 0 fully saturated rings. The summed E-state index contributed by atoms with van der Waals surface area (Å²) in [6, 6.07) is 15.3. The molecular weight excluding hydrogens is 254 g/mol. The van der Waals surface area contributed by atoms with Crippen LogP contribution in [0, 0.1) is 5.41 Å². The highest BCUT2D eigenvalue weighted by Gasteiger charge is 2.24. The molecule has 0 aliphatic carbocycles. The Kier molecular flexibility index (Phi) is 2.21. The number of aromatic nitrogens is 3. The van der Waals surface area contributed by atoms with Gasteiger partial charge in [0.1, 0.15) is 5.52 Å². The topological polar surface area (TPSA) is 81.9 Å². The van der Waals surface area contributed by atoms with E-state index in [9.17, 15) is 0 Å². The second-order valence-electron chi connectivity index (χ2n) is 4.40. The van der Waals surface area contributed by atoms with E-state index in [1.54, 1.807) is 5.01 Å². The normalized spacial score (nSPS) is 13.3. The van der Waals surface area contributed by atoms with Crippen molar-refractivity contribution in [3.63, 3.8) is 0 Å². The number of nitrogens with one attached hydrogen (secondary N) is 3. The quantitative estimate of drug-likeness (QED) is 0.424. The van der Waals surface area contributed by atoms with Gasteiger partial charge in [-0.25, -0.2) is 5.01 Å². The Labute approximate surface area is 114 Å². The zero-order valence-electron chi connectivity index (χ0n) is 10.4. The lowest BCUT2D eigenvalue weighted by Gasteiger charge is -2.17. The first-order valence-corrected chi connectivity index (χ1v) is 6.15. The van der Waals surface area contributed by atoms with Gasteiger partial charge in [0.05, 0.1) is 16.9 Å². The van der Waals surface area contributed by atoms with Gasteiger partial charge in [-0.1, -0.05) is 29.5 Å². The Morgan fingerprint density at radius 2 is 1.85 bits per heavy atom. The minimum absolute atomic E-state index is 0.177. The fourth-order valence-corrected chi connectivity index (χ4v) is 2.24. The third-order valence-corrected chi connectivity index (χ3v) is 3.21. The van der Waals surface area contributed by atoms with Crippen LogP contribution in [0.3, 0.4) is 0 Å². The molecule has 0 saturated carbocycles. The van der Waals surface area contributed by atoms with Crippen LogP contribution in [0.25, 0.3) is 11.0 Å². The summed E-state index contributed by atoms with van der Waals surface area (Å²) in [5, 5.41) is 18.1. The van der Waals surface area contributed by atoms with Crippen LogP contribution < -0.4 is 16.0 Å².